The van der Waals surface area contributed by atoms with E-state index in [1.807, 2.05) is 13.8 Å². The maximum atomic E-state index is 11.8. The van der Waals surface area contributed by atoms with Crippen LogP contribution in [0.2, 0.25) is 5.02 Å². The van der Waals surface area contributed by atoms with Gasteiger partial charge in [0.1, 0.15) is 6.04 Å². The summed E-state index contributed by atoms with van der Waals surface area (Å²) in [6.45, 7) is 5.51. The lowest BCUT2D eigenvalue weighted by Gasteiger charge is -2.20. The molecule has 0 aliphatic carbocycles. The first kappa shape index (κ1) is 16.3. The zero-order valence-corrected chi connectivity index (χ0v) is 12.5. The van der Waals surface area contributed by atoms with E-state index in [0.29, 0.717) is 17.1 Å². The van der Waals surface area contributed by atoms with Gasteiger partial charge in [-0.3, -0.25) is 0 Å². The molecule has 1 rings (SSSR count). The van der Waals surface area contributed by atoms with Crippen LogP contribution in [0.3, 0.4) is 0 Å². The largest absolute Gasteiger partial charge is 0.480 e. The van der Waals surface area contributed by atoms with Crippen molar-refractivity contribution < 1.29 is 14.7 Å². The number of carboxylic acids is 1. The van der Waals surface area contributed by atoms with Gasteiger partial charge in [-0.1, -0.05) is 37.9 Å². The highest BCUT2D eigenvalue weighted by Gasteiger charge is 2.25. The molecule has 0 aliphatic rings. The summed E-state index contributed by atoms with van der Waals surface area (Å²) in [5, 5.41) is 14.7. The normalized spacial score (nSPS) is 13.4. The molecule has 0 aliphatic heterocycles. The number of aryl methyl sites for hydroxylation is 1. The molecule has 2 amide bonds. The Kier molecular flexibility index (Phi) is 5.82. The Balaban J connectivity index is 2.70. The van der Waals surface area contributed by atoms with Gasteiger partial charge in [-0.2, -0.15) is 0 Å². The number of carbonyl (C=O) groups is 2. The van der Waals surface area contributed by atoms with Crippen LogP contribution in [0.5, 0.6) is 0 Å². The average molecular weight is 299 g/mol. The van der Waals surface area contributed by atoms with Crippen LogP contribution in [0.25, 0.3) is 0 Å². The number of hydrogen-bond donors (Lipinski definition) is 3. The fraction of sp³-hybridized carbons (Fsp3) is 0.429. The van der Waals surface area contributed by atoms with Gasteiger partial charge in [0.05, 0.1) is 0 Å². The van der Waals surface area contributed by atoms with Gasteiger partial charge < -0.3 is 15.7 Å². The summed E-state index contributed by atoms with van der Waals surface area (Å²) < 4.78 is 0. The molecule has 0 saturated carbocycles. The highest BCUT2D eigenvalue weighted by Crippen LogP contribution is 2.20. The molecular formula is C14H19ClN2O3. The van der Waals surface area contributed by atoms with E-state index in [-0.39, 0.29) is 5.92 Å². The Morgan fingerprint density at radius 1 is 1.40 bits per heavy atom. The van der Waals surface area contributed by atoms with Crippen molar-refractivity contribution in [2.24, 2.45) is 5.92 Å². The lowest BCUT2D eigenvalue weighted by atomic mass is 9.99. The molecular weight excluding hydrogens is 280 g/mol. The standard InChI is InChI=1S/C14H19ClN2O3/c1-4-8(2)12(13(18)19)17-14(20)16-10-6-5-9(3)11(15)7-10/h5-8,12H,4H2,1-3H3,(H,18,19)(H2,16,17,20)/t8-,12+/m1/s1. The quantitative estimate of drug-likeness (QED) is 0.780. The molecule has 0 heterocycles. The predicted molar refractivity (Wildman–Crippen MR) is 79.2 cm³/mol. The van der Waals surface area contributed by atoms with Crippen molar-refractivity contribution in [3.8, 4) is 0 Å². The molecule has 6 heteroatoms. The van der Waals surface area contributed by atoms with Gasteiger partial charge in [0.2, 0.25) is 0 Å². The van der Waals surface area contributed by atoms with Crippen LogP contribution in [0.1, 0.15) is 25.8 Å². The Morgan fingerprint density at radius 2 is 2.05 bits per heavy atom. The zero-order valence-electron chi connectivity index (χ0n) is 11.7. The summed E-state index contributed by atoms with van der Waals surface area (Å²) >= 11 is 5.96. The molecule has 2 atom stereocenters. The third kappa shape index (κ3) is 4.42. The zero-order chi connectivity index (χ0) is 15.3. The van der Waals surface area contributed by atoms with E-state index in [4.69, 9.17) is 16.7 Å². The van der Waals surface area contributed by atoms with Crippen LogP contribution in [-0.4, -0.2) is 23.1 Å². The van der Waals surface area contributed by atoms with Gasteiger partial charge in [-0.25, -0.2) is 9.59 Å². The Bertz CT molecular complexity index is 505. The van der Waals surface area contributed by atoms with E-state index >= 15 is 0 Å². The van der Waals surface area contributed by atoms with Crippen molar-refractivity contribution in [3.63, 3.8) is 0 Å². The van der Waals surface area contributed by atoms with Crippen LogP contribution in [0, 0.1) is 12.8 Å². The number of hydrogen-bond acceptors (Lipinski definition) is 2. The number of aliphatic carboxylic acids is 1. The van der Waals surface area contributed by atoms with Crippen LogP contribution < -0.4 is 10.6 Å². The van der Waals surface area contributed by atoms with E-state index in [2.05, 4.69) is 10.6 Å². The highest BCUT2D eigenvalue weighted by molar-refractivity contribution is 6.31. The van der Waals surface area contributed by atoms with E-state index in [1.165, 1.54) is 0 Å². The second-order valence-electron chi connectivity index (χ2n) is 4.76. The van der Waals surface area contributed by atoms with Gasteiger partial charge in [0, 0.05) is 10.7 Å². The maximum absolute atomic E-state index is 11.8. The molecule has 5 nitrogen and oxygen atoms in total. The molecule has 1 aromatic rings. The minimum absolute atomic E-state index is 0.153. The number of carboxylic acid groups (broad SMARTS) is 1. The lowest BCUT2D eigenvalue weighted by Crippen LogP contribution is -2.46. The molecule has 0 radical (unpaired) electrons. The molecule has 20 heavy (non-hydrogen) atoms. The summed E-state index contributed by atoms with van der Waals surface area (Å²) in [6, 6.07) is 3.63. The monoisotopic (exact) mass is 298 g/mol. The number of amides is 2. The molecule has 110 valence electrons. The number of nitrogens with one attached hydrogen (secondary N) is 2. The summed E-state index contributed by atoms with van der Waals surface area (Å²) in [7, 11) is 0. The number of carbonyl (C=O) groups excluding carboxylic acids is 1. The van der Waals surface area contributed by atoms with Gasteiger partial charge in [-0.05, 0) is 30.5 Å². The van der Waals surface area contributed by atoms with E-state index < -0.39 is 18.0 Å². The maximum Gasteiger partial charge on any atom is 0.326 e. The fourth-order valence-electron chi connectivity index (χ4n) is 1.66. The van der Waals surface area contributed by atoms with E-state index in [9.17, 15) is 9.59 Å². The van der Waals surface area contributed by atoms with Crippen molar-refractivity contribution in [2.45, 2.75) is 33.2 Å². The number of urea groups is 1. The van der Waals surface area contributed by atoms with Crippen molar-refractivity contribution in [2.75, 3.05) is 5.32 Å². The molecule has 0 fully saturated rings. The summed E-state index contributed by atoms with van der Waals surface area (Å²) in [5.74, 6) is -1.20. The summed E-state index contributed by atoms with van der Waals surface area (Å²) in [5.41, 5.74) is 1.42. The molecule has 0 saturated heterocycles. The highest BCUT2D eigenvalue weighted by atomic mass is 35.5. The van der Waals surface area contributed by atoms with Crippen molar-refractivity contribution >= 4 is 29.3 Å². The number of rotatable bonds is 5. The Morgan fingerprint density at radius 3 is 2.55 bits per heavy atom. The molecule has 1 aromatic carbocycles. The first-order valence-electron chi connectivity index (χ1n) is 6.41. The Hall–Kier alpha value is -1.75. The van der Waals surface area contributed by atoms with Crippen molar-refractivity contribution in [3.05, 3.63) is 28.8 Å². The third-order valence-electron chi connectivity index (χ3n) is 3.20. The topological polar surface area (TPSA) is 78.4 Å². The predicted octanol–water partition coefficient (Wildman–Crippen LogP) is 3.27. The lowest BCUT2D eigenvalue weighted by molar-refractivity contribution is -0.140. The minimum atomic E-state index is -1.04. The minimum Gasteiger partial charge on any atom is -0.480 e. The molecule has 0 bridgehead atoms. The van der Waals surface area contributed by atoms with Crippen molar-refractivity contribution in [1.29, 1.82) is 0 Å². The number of benzene rings is 1. The first-order chi connectivity index (χ1) is 9.35. The van der Waals surface area contributed by atoms with Crippen LogP contribution in [0.15, 0.2) is 18.2 Å². The number of halogens is 1. The van der Waals surface area contributed by atoms with E-state index in [0.717, 1.165) is 5.56 Å². The molecule has 0 spiro atoms. The summed E-state index contributed by atoms with van der Waals surface area (Å²) in [6.07, 6.45) is 0.660. The molecule has 3 N–H and O–H groups in total. The summed E-state index contributed by atoms with van der Waals surface area (Å²) in [4.78, 5) is 22.9. The van der Waals surface area contributed by atoms with Gasteiger partial charge >= 0.3 is 12.0 Å². The van der Waals surface area contributed by atoms with Gasteiger partial charge in [0.25, 0.3) is 0 Å². The molecule has 0 aromatic heterocycles. The van der Waals surface area contributed by atoms with Crippen LogP contribution in [0.4, 0.5) is 10.5 Å². The van der Waals surface area contributed by atoms with Crippen LogP contribution in [-0.2, 0) is 4.79 Å². The van der Waals surface area contributed by atoms with Gasteiger partial charge in [-0.15, -0.1) is 0 Å². The average Bonchev–Trinajstić information content (AvgIpc) is 2.39. The Labute approximate surface area is 123 Å². The fourth-order valence-corrected chi connectivity index (χ4v) is 1.84. The second kappa shape index (κ2) is 7.14. The van der Waals surface area contributed by atoms with Crippen molar-refractivity contribution in [1.82, 2.24) is 5.32 Å². The third-order valence-corrected chi connectivity index (χ3v) is 3.60. The van der Waals surface area contributed by atoms with E-state index in [1.54, 1.807) is 25.1 Å². The van der Waals surface area contributed by atoms with Crippen LogP contribution >= 0.6 is 11.6 Å². The first-order valence-corrected chi connectivity index (χ1v) is 6.79. The molecule has 0 unspecified atom stereocenters. The SMILES string of the molecule is CC[C@@H](C)[C@H](NC(=O)Nc1ccc(C)c(Cl)c1)C(=O)O. The smallest absolute Gasteiger partial charge is 0.326 e. The van der Waals surface area contributed by atoms with Gasteiger partial charge in [0.15, 0.2) is 0 Å². The number of anilines is 1. The second-order valence-corrected chi connectivity index (χ2v) is 5.17.